The number of fused-ring (bicyclic) bond motifs is 1. The zero-order valence-electron chi connectivity index (χ0n) is 16.3. The van der Waals surface area contributed by atoms with Crippen LogP contribution in [0.4, 0.5) is 0 Å². The molecule has 3 rings (SSSR count). The minimum absolute atomic E-state index is 0.299. The first-order valence-corrected chi connectivity index (χ1v) is 9.60. The lowest BCUT2D eigenvalue weighted by Gasteiger charge is -2.36. The Morgan fingerprint density at radius 2 is 1.85 bits per heavy atom. The molecule has 1 heterocycles. The molecule has 0 spiro atoms. The standard InChI is InChI=1S/C22H30N2O2/c1-14(21(23)25)19-11-5-15-13-18(10-12-20(15)24-19)26-17-8-6-16(7-9-17)22(2,3)4/h5,10-14,16-17H,6-9H2,1-4H3,(H2,23,25). The van der Waals surface area contributed by atoms with Crippen molar-refractivity contribution in [3.05, 3.63) is 36.0 Å². The van der Waals surface area contributed by atoms with E-state index in [1.54, 1.807) is 6.92 Å². The van der Waals surface area contributed by atoms with Crippen LogP contribution in [0.2, 0.25) is 0 Å². The van der Waals surface area contributed by atoms with Gasteiger partial charge in [0.05, 0.1) is 23.2 Å². The second-order valence-corrected chi connectivity index (χ2v) is 8.67. The molecule has 1 aliphatic carbocycles. The molecule has 1 aromatic heterocycles. The van der Waals surface area contributed by atoms with E-state index in [9.17, 15) is 4.79 Å². The van der Waals surface area contributed by atoms with Gasteiger partial charge >= 0.3 is 0 Å². The van der Waals surface area contributed by atoms with Gasteiger partial charge in [-0.1, -0.05) is 26.8 Å². The summed E-state index contributed by atoms with van der Waals surface area (Å²) in [5.74, 6) is 0.944. The van der Waals surface area contributed by atoms with Gasteiger partial charge in [-0.2, -0.15) is 0 Å². The van der Waals surface area contributed by atoms with Gasteiger partial charge in [-0.3, -0.25) is 9.78 Å². The number of hydrogen-bond donors (Lipinski definition) is 1. The molecular formula is C22H30N2O2. The molecule has 140 valence electrons. The van der Waals surface area contributed by atoms with Gasteiger partial charge in [-0.05, 0) is 68.2 Å². The van der Waals surface area contributed by atoms with Gasteiger partial charge in [0.1, 0.15) is 5.75 Å². The molecule has 4 nitrogen and oxygen atoms in total. The summed E-state index contributed by atoms with van der Waals surface area (Å²) in [6.07, 6.45) is 5.00. The highest BCUT2D eigenvalue weighted by atomic mass is 16.5. The molecule has 1 unspecified atom stereocenters. The van der Waals surface area contributed by atoms with Crippen molar-refractivity contribution in [3.8, 4) is 5.75 Å². The predicted octanol–water partition coefficient (Wildman–Crippen LogP) is 4.81. The second kappa shape index (κ2) is 7.26. The Hall–Kier alpha value is -2.10. The van der Waals surface area contributed by atoms with E-state index in [-0.39, 0.29) is 11.8 Å². The summed E-state index contributed by atoms with van der Waals surface area (Å²) in [6, 6.07) is 9.83. The van der Waals surface area contributed by atoms with Crippen LogP contribution in [0.5, 0.6) is 5.75 Å². The van der Waals surface area contributed by atoms with Crippen molar-refractivity contribution in [2.24, 2.45) is 17.1 Å². The van der Waals surface area contributed by atoms with E-state index >= 15 is 0 Å². The highest BCUT2D eigenvalue weighted by Crippen LogP contribution is 2.38. The van der Waals surface area contributed by atoms with Crippen LogP contribution in [-0.4, -0.2) is 17.0 Å². The Kier molecular flexibility index (Phi) is 5.22. The van der Waals surface area contributed by atoms with Crippen LogP contribution in [0.15, 0.2) is 30.3 Å². The summed E-state index contributed by atoms with van der Waals surface area (Å²) >= 11 is 0. The molecule has 2 aromatic rings. The Morgan fingerprint density at radius 1 is 1.15 bits per heavy atom. The van der Waals surface area contributed by atoms with Crippen LogP contribution in [0.1, 0.15) is 65.0 Å². The molecule has 4 heteroatoms. The van der Waals surface area contributed by atoms with Gasteiger partial charge in [-0.25, -0.2) is 0 Å². The van der Waals surface area contributed by atoms with Crippen molar-refractivity contribution in [1.29, 1.82) is 0 Å². The van der Waals surface area contributed by atoms with Crippen molar-refractivity contribution in [2.45, 2.75) is 65.4 Å². The van der Waals surface area contributed by atoms with E-state index in [0.717, 1.165) is 35.4 Å². The Labute approximate surface area is 156 Å². The number of carbonyl (C=O) groups is 1. The number of carbonyl (C=O) groups excluding carboxylic acids is 1. The summed E-state index contributed by atoms with van der Waals surface area (Å²) < 4.78 is 6.24. The normalized spacial score (nSPS) is 22.2. The first-order chi connectivity index (χ1) is 12.2. The average molecular weight is 354 g/mol. The molecule has 1 saturated carbocycles. The number of hydrogen-bond acceptors (Lipinski definition) is 3. The number of benzene rings is 1. The quantitative estimate of drug-likeness (QED) is 0.857. The monoisotopic (exact) mass is 354 g/mol. The molecular weight excluding hydrogens is 324 g/mol. The number of rotatable bonds is 4. The first-order valence-electron chi connectivity index (χ1n) is 9.60. The van der Waals surface area contributed by atoms with Crippen molar-refractivity contribution in [2.75, 3.05) is 0 Å². The van der Waals surface area contributed by atoms with Gasteiger partial charge in [0.2, 0.25) is 5.91 Å². The van der Waals surface area contributed by atoms with E-state index in [0.29, 0.717) is 17.2 Å². The molecule has 0 saturated heterocycles. The maximum absolute atomic E-state index is 11.4. The first kappa shape index (κ1) is 18.7. The lowest BCUT2D eigenvalue weighted by Crippen LogP contribution is -2.30. The minimum Gasteiger partial charge on any atom is -0.490 e. The maximum atomic E-state index is 11.4. The van der Waals surface area contributed by atoms with Gasteiger partial charge in [0.15, 0.2) is 0 Å². The van der Waals surface area contributed by atoms with Crippen molar-refractivity contribution in [1.82, 2.24) is 4.98 Å². The third-order valence-corrected chi connectivity index (χ3v) is 5.75. The van der Waals surface area contributed by atoms with E-state index < -0.39 is 0 Å². The summed E-state index contributed by atoms with van der Waals surface area (Å²) in [6.45, 7) is 8.79. The van der Waals surface area contributed by atoms with Crippen LogP contribution in [0.3, 0.4) is 0 Å². The van der Waals surface area contributed by atoms with E-state index in [1.165, 1.54) is 12.8 Å². The minimum atomic E-state index is -0.381. The predicted molar refractivity (Wildman–Crippen MR) is 105 cm³/mol. The number of aromatic nitrogens is 1. The summed E-state index contributed by atoms with van der Waals surface area (Å²) in [7, 11) is 0. The number of primary amides is 1. The number of nitrogens with zero attached hydrogens (tertiary/aromatic N) is 1. The maximum Gasteiger partial charge on any atom is 0.226 e. The smallest absolute Gasteiger partial charge is 0.226 e. The van der Waals surface area contributed by atoms with Crippen LogP contribution in [0.25, 0.3) is 10.9 Å². The SMILES string of the molecule is CC(C(N)=O)c1ccc2cc(OC3CCC(C(C)(C)C)CC3)ccc2n1. The molecule has 2 N–H and O–H groups in total. The Bertz CT molecular complexity index is 786. The van der Waals surface area contributed by atoms with Crippen molar-refractivity contribution in [3.63, 3.8) is 0 Å². The van der Waals surface area contributed by atoms with E-state index in [2.05, 4.69) is 25.8 Å². The average Bonchev–Trinajstić information content (AvgIpc) is 2.60. The molecule has 0 bridgehead atoms. The molecule has 0 radical (unpaired) electrons. The molecule has 1 aliphatic rings. The fraction of sp³-hybridized carbons (Fsp3) is 0.545. The fourth-order valence-corrected chi connectivity index (χ4v) is 3.82. The van der Waals surface area contributed by atoms with Crippen LogP contribution in [-0.2, 0) is 4.79 Å². The molecule has 1 atom stereocenters. The lowest BCUT2D eigenvalue weighted by atomic mass is 9.72. The van der Waals surface area contributed by atoms with Crippen LogP contribution < -0.4 is 10.5 Å². The van der Waals surface area contributed by atoms with Gasteiger partial charge < -0.3 is 10.5 Å². The largest absolute Gasteiger partial charge is 0.490 e. The zero-order chi connectivity index (χ0) is 18.9. The summed E-state index contributed by atoms with van der Waals surface area (Å²) in [5.41, 5.74) is 7.33. The lowest BCUT2D eigenvalue weighted by molar-refractivity contribution is -0.119. The third-order valence-electron chi connectivity index (χ3n) is 5.75. The third kappa shape index (κ3) is 4.17. The number of nitrogens with two attached hydrogens (primary N) is 1. The van der Waals surface area contributed by atoms with Crippen LogP contribution >= 0.6 is 0 Å². The van der Waals surface area contributed by atoms with Crippen LogP contribution in [0, 0.1) is 11.3 Å². The van der Waals surface area contributed by atoms with Crippen molar-refractivity contribution < 1.29 is 9.53 Å². The second-order valence-electron chi connectivity index (χ2n) is 8.67. The Balaban J connectivity index is 1.68. The van der Waals surface area contributed by atoms with Gasteiger partial charge in [0.25, 0.3) is 0 Å². The van der Waals surface area contributed by atoms with E-state index in [4.69, 9.17) is 10.5 Å². The number of amides is 1. The topological polar surface area (TPSA) is 65.2 Å². The number of pyridine rings is 1. The Morgan fingerprint density at radius 3 is 2.46 bits per heavy atom. The van der Waals surface area contributed by atoms with Gasteiger partial charge in [-0.15, -0.1) is 0 Å². The summed E-state index contributed by atoms with van der Waals surface area (Å²) in [4.78, 5) is 15.9. The molecule has 26 heavy (non-hydrogen) atoms. The molecule has 1 fully saturated rings. The van der Waals surface area contributed by atoms with Gasteiger partial charge in [0, 0.05) is 5.39 Å². The highest BCUT2D eigenvalue weighted by molar-refractivity contribution is 5.84. The zero-order valence-corrected chi connectivity index (χ0v) is 16.3. The fourth-order valence-electron chi connectivity index (χ4n) is 3.82. The number of ether oxygens (including phenoxy) is 1. The molecule has 0 aliphatic heterocycles. The highest BCUT2D eigenvalue weighted by Gasteiger charge is 2.30. The summed E-state index contributed by atoms with van der Waals surface area (Å²) in [5, 5.41) is 1.02. The molecule has 1 amide bonds. The van der Waals surface area contributed by atoms with E-state index in [1.807, 2.05) is 30.3 Å². The molecule has 1 aromatic carbocycles. The van der Waals surface area contributed by atoms with Crippen molar-refractivity contribution >= 4 is 16.8 Å².